The molecule has 91 valence electrons. The zero-order valence-electron chi connectivity index (χ0n) is 10.5. The molecular weight excluding hydrogens is 210 g/mol. The molecular formula is C10H24NO3Si. The number of rotatable bonds is 8. The highest BCUT2D eigenvalue weighted by Crippen LogP contribution is 2.36. The van der Waals surface area contributed by atoms with Crippen LogP contribution in [0.15, 0.2) is 0 Å². The van der Waals surface area contributed by atoms with Crippen LogP contribution in [0.4, 0.5) is 0 Å². The van der Waals surface area contributed by atoms with Gasteiger partial charge in [-0.25, -0.2) is 0 Å². The van der Waals surface area contributed by atoms with Gasteiger partial charge >= 0.3 is 8.80 Å². The summed E-state index contributed by atoms with van der Waals surface area (Å²) in [6.45, 7) is 4.85. The lowest BCUT2D eigenvalue weighted by atomic mass is 10.1. The van der Waals surface area contributed by atoms with Crippen LogP contribution in [-0.2, 0) is 13.3 Å². The van der Waals surface area contributed by atoms with Crippen molar-refractivity contribution in [1.29, 1.82) is 0 Å². The first kappa shape index (κ1) is 15.1. The lowest BCUT2D eigenvalue weighted by Gasteiger charge is -2.34. The summed E-state index contributed by atoms with van der Waals surface area (Å²) >= 11 is 0. The highest BCUT2D eigenvalue weighted by atomic mass is 28.4. The van der Waals surface area contributed by atoms with Gasteiger partial charge in [0, 0.05) is 26.9 Å². The molecule has 0 spiro atoms. The van der Waals surface area contributed by atoms with Gasteiger partial charge in [0.25, 0.3) is 0 Å². The Balaban J connectivity index is 4.66. The Morgan fingerprint density at radius 2 is 1.60 bits per heavy atom. The molecule has 0 fully saturated rings. The van der Waals surface area contributed by atoms with E-state index in [-0.39, 0.29) is 5.54 Å². The molecule has 0 amide bonds. The molecule has 2 N–H and O–H groups in total. The van der Waals surface area contributed by atoms with Crippen LogP contribution in [0.2, 0.25) is 5.54 Å². The van der Waals surface area contributed by atoms with Crippen LogP contribution in [-0.4, -0.2) is 36.7 Å². The standard InChI is InChI=1S/C10H24NO3Si/c1-9(2)10(7-6-8-11)15(12-3,13-4)14-5/h10H,6-8,11H2,1-5H3. The lowest BCUT2D eigenvalue weighted by molar-refractivity contribution is 0.111. The molecule has 1 unspecified atom stereocenters. The van der Waals surface area contributed by atoms with Crippen molar-refractivity contribution in [1.82, 2.24) is 0 Å². The number of hydrogen-bond acceptors (Lipinski definition) is 4. The zero-order valence-corrected chi connectivity index (χ0v) is 11.5. The third-order valence-electron chi connectivity index (χ3n) is 2.67. The smallest absolute Gasteiger partial charge is 0.377 e. The predicted molar refractivity (Wildman–Crippen MR) is 63.4 cm³/mol. The van der Waals surface area contributed by atoms with Crippen LogP contribution < -0.4 is 5.73 Å². The highest BCUT2D eigenvalue weighted by molar-refractivity contribution is 6.62. The molecule has 0 aliphatic heterocycles. The molecule has 0 saturated carbocycles. The first-order valence-electron chi connectivity index (χ1n) is 5.23. The van der Waals surface area contributed by atoms with Crippen molar-refractivity contribution < 1.29 is 13.3 Å². The van der Waals surface area contributed by atoms with E-state index in [2.05, 4.69) is 13.8 Å². The third kappa shape index (κ3) is 3.84. The SMILES string of the molecule is CO[Si](OC)(OC)C(CCCN)[C](C)C. The molecule has 4 nitrogen and oxygen atoms in total. The normalized spacial score (nSPS) is 14.6. The summed E-state index contributed by atoms with van der Waals surface area (Å²) in [4.78, 5) is 0. The molecule has 0 aromatic carbocycles. The van der Waals surface area contributed by atoms with E-state index in [4.69, 9.17) is 19.0 Å². The van der Waals surface area contributed by atoms with Gasteiger partial charge in [0.15, 0.2) is 0 Å². The summed E-state index contributed by atoms with van der Waals surface area (Å²) in [7, 11) is 2.41. The molecule has 1 radical (unpaired) electrons. The second-order valence-corrected chi connectivity index (χ2v) is 6.91. The van der Waals surface area contributed by atoms with Gasteiger partial charge in [-0.15, -0.1) is 0 Å². The second kappa shape index (κ2) is 7.35. The van der Waals surface area contributed by atoms with Crippen LogP contribution in [0.25, 0.3) is 0 Å². The van der Waals surface area contributed by atoms with Gasteiger partial charge < -0.3 is 19.0 Å². The molecule has 0 aromatic rings. The molecule has 0 bridgehead atoms. The summed E-state index contributed by atoms with van der Waals surface area (Å²) in [5.74, 6) is 1.28. The Bertz CT molecular complexity index is 154. The van der Waals surface area contributed by atoms with E-state index in [0.29, 0.717) is 6.54 Å². The first-order valence-corrected chi connectivity index (χ1v) is 7.03. The van der Waals surface area contributed by atoms with Gasteiger partial charge in [0.2, 0.25) is 0 Å². The topological polar surface area (TPSA) is 53.7 Å². The highest BCUT2D eigenvalue weighted by Gasteiger charge is 2.48. The first-order chi connectivity index (χ1) is 7.07. The number of hydrogen-bond donors (Lipinski definition) is 1. The van der Waals surface area contributed by atoms with Crippen molar-refractivity contribution in [3.63, 3.8) is 0 Å². The van der Waals surface area contributed by atoms with Crippen molar-refractivity contribution in [2.24, 2.45) is 5.73 Å². The Morgan fingerprint density at radius 3 is 1.87 bits per heavy atom. The molecule has 15 heavy (non-hydrogen) atoms. The van der Waals surface area contributed by atoms with Gasteiger partial charge in [0.1, 0.15) is 0 Å². The minimum absolute atomic E-state index is 0.237. The van der Waals surface area contributed by atoms with Gasteiger partial charge in [-0.2, -0.15) is 0 Å². The zero-order chi connectivity index (χ0) is 11.9. The van der Waals surface area contributed by atoms with Gasteiger partial charge in [-0.3, -0.25) is 0 Å². The fraction of sp³-hybridized carbons (Fsp3) is 0.900. The lowest BCUT2D eigenvalue weighted by Crippen LogP contribution is -2.49. The maximum absolute atomic E-state index is 5.53. The second-order valence-electron chi connectivity index (χ2n) is 3.78. The Morgan fingerprint density at radius 1 is 1.13 bits per heavy atom. The molecule has 0 aromatic heterocycles. The Hall–Kier alpha value is 0.0569. The van der Waals surface area contributed by atoms with E-state index in [1.807, 2.05) is 0 Å². The van der Waals surface area contributed by atoms with E-state index in [9.17, 15) is 0 Å². The largest absolute Gasteiger partial charge is 0.503 e. The molecule has 1 atom stereocenters. The molecule has 0 aliphatic rings. The Labute approximate surface area is 94.5 Å². The fourth-order valence-corrected chi connectivity index (χ4v) is 4.44. The van der Waals surface area contributed by atoms with Crippen LogP contribution in [0.3, 0.4) is 0 Å². The summed E-state index contributed by atoms with van der Waals surface area (Å²) in [5, 5.41) is 0. The van der Waals surface area contributed by atoms with Gasteiger partial charge in [-0.1, -0.05) is 13.8 Å². The average molecular weight is 234 g/mol. The van der Waals surface area contributed by atoms with Crippen LogP contribution >= 0.6 is 0 Å². The summed E-state index contributed by atoms with van der Waals surface area (Å²) in [6, 6.07) is 0. The maximum Gasteiger partial charge on any atom is 0.503 e. The van der Waals surface area contributed by atoms with Crippen molar-refractivity contribution in [3.05, 3.63) is 5.92 Å². The Kier molecular flexibility index (Phi) is 7.38. The van der Waals surface area contributed by atoms with Crippen molar-refractivity contribution in [2.45, 2.75) is 32.2 Å². The van der Waals surface area contributed by atoms with Crippen molar-refractivity contribution in [3.8, 4) is 0 Å². The minimum Gasteiger partial charge on any atom is -0.377 e. The van der Waals surface area contributed by atoms with Crippen LogP contribution in [0, 0.1) is 5.92 Å². The average Bonchev–Trinajstić information content (AvgIpc) is 2.24. The predicted octanol–water partition coefficient (Wildman–Crippen LogP) is 1.59. The van der Waals surface area contributed by atoms with Crippen LogP contribution in [0.1, 0.15) is 26.7 Å². The molecule has 5 heteroatoms. The molecule has 0 aliphatic carbocycles. The van der Waals surface area contributed by atoms with Crippen molar-refractivity contribution in [2.75, 3.05) is 27.9 Å². The monoisotopic (exact) mass is 234 g/mol. The van der Waals surface area contributed by atoms with E-state index < -0.39 is 8.80 Å². The van der Waals surface area contributed by atoms with Gasteiger partial charge in [-0.05, 0) is 25.3 Å². The summed E-state index contributed by atoms with van der Waals surface area (Å²) in [6.07, 6.45) is 1.92. The minimum atomic E-state index is -2.54. The quantitative estimate of drug-likeness (QED) is 0.648. The molecule has 0 heterocycles. The van der Waals surface area contributed by atoms with Crippen molar-refractivity contribution >= 4 is 8.80 Å². The summed E-state index contributed by atoms with van der Waals surface area (Å²) in [5.41, 5.74) is 5.77. The van der Waals surface area contributed by atoms with Gasteiger partial charge in [0.05, 0.1) is 0 Å². The third-order valence-corrected chi connectivity index (χ3v) is 6.10. The summed E-state index contributed by atoms with van der Waals surface area (Å²) < 4.78 is 16.5. The number of nitrogens with two attached hydrogens (primary N) is 1. The fourth-order valence-electron chi connectivity index (χ4n) is 1.82. The van der Waals surface area contributed by atoms with E-state index in [0.717, 1.165) is 12.8 Å². The molecule has 0 rings (SSSR count). The maximum atomic E-state index is 5.53. The van der Waals surface area contributed by atoms with E-state index in [1.54, 1.807) is 21.3 Å². The van der Waals surface area contributed by atoms with Crippen LogP contribution in [0.5, 0.6) is 0 Å². The molecule has 0 saturated heterocycles. The van der Waals surface area contributed by atoms with E-state index >= 15 is 0 Å². The van der Waals surface area contributed by atoms with E-state index in [1.165, 1.54) is 5.92 Å².